The molecule has 1 aliphatic rings. The standard InChI is InChI=1S/C16H19N3O3/c20-14-3-1-2-13(8-14)16(21)17-9-11-4-6-12(7-5-11)15-18-10-22-19-15/h4-7,10,13-14,20H,1-3,8-9H2,(H,17,21)/t13-,14-/m0/s1. The number of aromatic nitrogens is 2. The first kappa shape index (κ1) is 14.7. The van der Waals surface area contributed by atoms with Crippen molar-refractivity contribution in [3.8, 4) is 11.4 Å². The molecule has 3 rings (SSSR count). The molecule has 0 spiro atoms. The molecule has 2 aromatic rings. The second kappa shape index (κ2) is 6.70. The molecule has 116 valence electrons. The van der Waals surface area contributed by atoms with Crippen LogP contribution in [0.25, 0.3) is 11.4 Å². The quantitative estimate of drug-likeness (QED) is 0.900. The van der Waals surface area contributed by atoms with E-state index in [1.165, 1.54) is 6.39 Å². The lowest BCUT2D eigenvalue weighted by atomic mass is 9.86. The zero-order valence-electron chi connectivity index (χ0n) is 12.2. The number of hydrogen-bond acceptors (Lipinski definition) is 5. The number of rotatable bonds is 4. The van der Waals surface area contributed by atoms with E-state index in [2.05, 4.69) is 15.5 Å². The highest BCUT2D eigenvalue weighted by Crippen LogP contribution is 2.24. The summed E-state index contributed by atoms with van der Waals surface area (Å²) in [5.74, 6) is 0.509. The highest BCUT2D eigenvalue weighted by atomic mass is 16.5. The van der Waals surface area contributed by atoms with Gasteiger partial charge in [-0.1, -0.05) is 35.8 Å². The van der Waals surface area contributed by atoms with Crippen LogP contribution in [0, 0.1) is 5.92 Å². The van der Waals surface area contributed by atoms with Crippen LogP contribution >= 0.6 is 0 Å². The molecule has 6 nitrogen and oxygen atoms in total. The van der Waals surface area contributed by atoms with E-state index in [0.717, 1.165) is 30.4 Å². The number of carbonyl (C=O) groups excluding carboxylic acids is 1. The minimum atomic E-state index is -0.334. The molecule has 1 aliphatic carbocycles. The molecule has 1 amide bonds. The largest absolute Gasteiger partial charge is 0.393 e. The predicted octanol–water partition coefficient (Wildman–Crippen LogP) is 1.90. The van der Waals surface area contributed by atoms with E-state index in [1.54, 1.807) is 0 Å². The van der Waals surface area contributed by atoms with E-state index in [1.807, 2.05) is 24.3 Å². The van der Waals surface area contributed by atoms with Gasteiger partial charge in [-0.2, -0.15) is 4.98 Å². The third-order valence-corrected chi connectivity index (χ3v) is 4.06. The molecule has 1 saturated carbocycles. The molecule has 1 fully saturated rings. The Bertz CT molecular complexity index is 610. The minimum absolute atomic E-state index is 0.0287. The number of nitrogens with zero attached hydrogens (tertiary/aromatic N) is 2. The SMILES string of the molecule is O=C(NCc1ccc(-c2ncon2)cc1)[C@H]1CCC[C@H](O)C1. The zero-order valence-corrected chi connectivity index (χ0v) is 12.2. The maximum absolute atomic E-state index is 12.1. The lowest BCUT2D eigenvalue weighted by molar-refractivity contribution is -0.127. The molecule has 1 aromatic heterocycles. The molecule has 2 N–H and O–H groups in total. The van der Waals surface area contributed by atoms with Gasteiger partial charge in [-0.25, -0.2) is 0 Å². The summed E-state index contributed by atoms with van der Waals surface area (Å²) >= 11 is 0. The van der Waals surface area contributed by atoms with Crippen molar-refractivity contribution in [2.45, 2.75) is 38.3 Å². The lowest BCUT2D eigenvalue weighted by Crippen LogP contribution is -2.34. The summed E-state index contributed by atoms with van der Waals surface area (Å²) in [5.41, 5.74) is 1.89. The first-order valence-electron chi connectivity index (χ1n) is 7.54. The Balaban J connectivity index is 1.54. The molecule has 0 aliphatic heterocycles. The number of amides is 1. The molecular formula is C16H19N3O3. The topological polar surface area (TPSA) is 88.3 Å². The van der Waals surface area contributed by atoms with E-state index in [0.29, 0.717) is 18.8 Å². The average molecular weight is 301 g/mol. The third kappa shape index (κ3) is 3.51. The van der Waals surface area contributed by atoms with Gasteiger partial charge in [0.15, 0.2) is 0 Å². The average Bonchev–Trinajstić information content (AvgIpc) is 3.07. The third-order valence-electron chi connectivity index (χ3n) is 4.06. The first-order chi connectivity index (χ1) is 10.7. The van der Waals surface area contributed by atoms with Crippen molar-refractivity contribution in [1.82, 2.24) is 15.5 Å². The van der Waals surface area contributed by atoms with Crippen LogP contribution in [-0.2, 0) is 11.3 Å². The van der Waals surface area contributed by atoms with Crippen LogP contribution in [0.4, 0.5) is 0 Å². The van der Waals surface area contributed by atoms with Crippen molar-refractivity contribution in [3.05, 3.63) is 36.2 Å². The summed E-state index contributed by atoms with van der Waals surface area (Å²) in [7, 11) is 0. The van der Waals surface area contributed by atoms with Crippen molar-refractivity contribution in [2.24, 2.45) is 5.92 Å². The van der Waals surface area contributed by atoms with Crippen LogP contribution in [0.5, 0.6) is 0 Å². The van der Waals surface area contributed by atoms with Gasteiger partial charge in [0.2, 0.25) is 18.1 Å². The predicted molar refractivity (Wildman–Crippen MR) is 79.5 cm³/mol. The molecule has 0 radical (unpaired) electrons. The van der Waals surface area contributed by atoms with E-state index in [-0.39, 0.29) is 17.9 Å². The van der Waals surface area contributed by atoms with Crippen molar-refractivity contribution < 1.29 is 14.4 Å². The Hall–Kier alpha value is -2.21. The fourth-order valence-electron chi connectivity index (χ4n) is 2.81. The Kier molecular flexibility index (Phi) is 4.48. The van der Waals surface area contributed by atoms with Gasteiger partial charge in [0.1, 0.15) is 0 Å². The fraction of sp³-hybridized carbons (Fsp3) is 0.438. The van der Waals surface area contributed by atoms with Crippen molar-refractivity contribution in [2.75, 3.05) is 0 Å². The van der Waals surface area contributed by atoms with Gasteiger partial charge >= 0.3 is 0 Å². The van der Waals surface area contributed by atoms with E-state index in [4.69, 9.17) is 4.52 Å². The summed E-state index contributed by atoms with van der Waals surface area (Å²) in [6, 6.07) is 7.66. The molecule has 0 saturated heterocycles. The molecule has 1 aromatic carbocycles. The number of carbonyl (C=O) groups is 1. The maximum Gasteiger partial charge on any atom is 0.223 e. The molecular weight excluding hydrogens is 282 g/mol. The highest BCUT2D eigenvalue weighted by molar-refractivity contribution is 5.78. The number of aliphatic hydroxyl groups excluding tert-OH is 1. The smallest absolute Gasteiger partial charge is 0.223 e. The molecule has 22 heavy (non-hydrogen) atoms. The van der Waals surface area contributed by atoms with Crippen LogP contribution in [0.15, 0.2) is 35.2 Å². The Morgan fingerprint density at radius 1 is 1.32 bits per heavy atom. The van der Waals surface area contributed by atoms with Gasteiger partial charge in [0, 0.05) is 18.0 Å². The van der Waals surface area contributed by atoms with Crippen LogP contribution in [-0.4, -0.2) is 27.3 Å². The Morgan fingerprint density at radius 3 is 2.82 bits per heavy atom. The van der Waals surface area contributed by atoms with Gasteiger partial charge in [0.05, 0.1) is 6.10 Å². The molecule has 0 unspecified atom stereocenters. The summed E-state index contributed by atoms with van der Waals surface area (Å²) in [4.78, 5) is 16.1. The lowest BCUT2D eigenvalue weighted by Gasteiger charge is -2.24. The summed E-state index contributed by atoms with van der Waals surface area (Å²) in [6.07, 6.45) is 4.11. The van der Waals surface area contributed by atoms with E-state index < -0.39 is 0 Å². The van der Waals surface area contributed by atoms with Crippen molar-refractivity contribution in [1.29, 1.82) is 0 Å². The minimum Gasteiger partial charge on any atom is -0.393 e. The second-order valence-electron chi connectivity index (χ2n) is 5.69. The van der Waals surface area contributed by atoms with Gasteiger partial charge in [-0.05, 0) is 24.8 Å². The maximum atomic E-state index is 12.1. The molecule has 6 heteroatoms. The summed E-state index contributed by atoms with van der Waals surface area (Å²) in [6.45, 7) is 0.484. The normalized spacial score (nSPS) is 21.5. The van der Waals surface area contributed by atoms with Crippen LogP contribution < -0.4 is 5.32 Å². The van der Waals surface area contributed by atoms with Gasteiger partial charge in [0.25, 0.3) is 0 Å². The molecule has 2 atom stereocenters. The van der Waals surface area contributed by atoms with Gasteiger partial charge in [-0.3, -0.25) is 4.79 Å². The molecule has 0 bridgehead atoms. The van der Waals surface area contributed by atoms with Gasteiger partial charge in [-0.15, -0.1) is 0 Å². The first-order valence-corrected chi connectivity index (χ1v) is 7.54. The summed E-state index contributed by atoms with van der Waals surface area (Å²) in [5, 5.41) is 16.4. The van der Waals surface area contributed by atoms with Crippen molar-refractivity contribution in [3.63, 3.8) is 0 Å². The zero-order chi connectivity index (χ0) is 15.4. The van der Waals surface area contributed by atoms with Crippen LogP contribution in [0.1, 0.15) is 31.2 Å². The second-order valence-corrected chi connectivity index (χ2v) is 5.69. The Labute approximate surface area is 128 Å². The Morgan fingerprint density at radius 2 is 2.14 bits per heavy atom. The van der Waals surface area contributed by atoms with Crippen molar-refractivity contribution >= 4 is 5.91 Å². The number of hydrogen-bond donors (Lipinski definition) is 2. The van der Waals surface area contributed by atoms with Crippen LogP contribution in [0.3, 0.4) is 0 Å². The van der Waals surface area contributed by atoms with Gasteiger partial charge < -0.3 is 14.9 Å². The fourth-order valence-corrected chi connectivity index (χ4v) is 2.81. The van der Waals surface area contributed by atoms with E-state index in [9.17, 15) is 9.90 Å². The van der Waals surface area contributed by atoms with Crippen LogP contribution in [0.2, 0.25) is 0 Å². The number of aliphatic hydroxyl groups is 1. The number of benzene rings is 1. The highest BCUT2D eigenvalue weighted by Gasteiger charge is 2.25. The molecule has 1 heterocycles. The number of nitrogens with one attached hydrogen (secondary N) is 1. The summed E-state index contributed by atoms with van der Waals surface area (Å²) < 4.78 is 4.72. The van der Waals surface area contributed by atoms with E-state index >= 15 is 0 Å². The monoisotopic (exact) mass is 301 g/mol.